The highest BCUT2D eigenvalue weighted by molar-refractivity contribution is 8.03. The van der Waals surface area contributed by atoms with Crippen LogP contribution in [0.2, 0.25) is 0 Å². The van der Waals surface area contributed by atoms with Crippen LogP contribution in [0.5, 0.6) is 0 Å². The molecule has 6 atom stereocenters. The number of carboxylic acid groups (broad SMARTS) is 1. The number of carbonyl (C=O) groups excluding carboxylic acids is 4. The number of carboxylic acids is 1. The van der Waals surface area contributed by atoms with Gasteiger partial charge in [0.2, 0.25) is 23.6 Å². The largest absolute Gasteiger partial charge is 0.477 e. The molecule has 5 heterocycles. The molecule has 3 saturated heterocycles. The second-order valence-electron chi connectivity index (χ2n) is 11.3. The third-order valence-corrected chi connectivity index (χ3v) is 9.95. The number of tetrazole rings is 1. The molecule has 0 saturated carbocycles. The SMILES string of the molecule is C[C@H]1C(S[C@@H]2CN[C@H](C(=O)N3CCN(C(=O)CN=C(N)N)CC3)C2)=C(C(=O)O)N2C(=O)[C@H]([C@@H](C)NC(=O)Cn3cnnn3)C12. The molecule has 0 aromatic carbocycles. The number of amides is 4. The van der Waals surface area contributed by atoms with Gasteiger partial charge in [0.05, 0.1) is 18.0 Å². The van der Waals surface area contributed by atoms with Crippen LogP contribution in [0.15, 0.2) is 21.9 Å². The summed E-state index contributed by atoms with van der Waals surface area (Å²) >= 11 is 1.39. The zero-order chi connectivity index (χ0) is 31.7. The molecule has 44 heavy (non-hydrogen) atoms. The van der Waals surface area contributed by atoms with Gasteiger partial charge in [-0.15, -0.1) is 16.9 Å². The predicted molar refractivity (Wildman–Crippen MR) is 155 cm³/mol. The number of hydrogen-bond donors (Lipinski definition) is 5. The Hall–Kier alpha value is -4.26. The van der Waals surface area contributed by atoms with Crippen LogP contribution in [-0.4, -0.2) is 138 Å². The molecule has 238 valence electrons. The van der Waals surface area contributed by atoms with Gasteiger partial charge in [0.15, 0.2) is 5.96 Å². The molecule has 0 bridgehead atoms. The molecule has 0 aliphatic carbocycles. The van der Waals surface area contributed by atoms with Gasteiger partial charge in [0.25, 0.3) is 0 Å². The maximum Gasteiger partial charge on any atom is 0.353 e. The van der Waals surface area contributed by atoms with Gasteiger partial charge >= 0.3 is 5.97 Å². The number of hydrogen-bond acceptors (Lipinski definition) is 11. The van der Waals surface area contributed by atoms with Crippen molar-refractivity contribution in [1.82, 2.24) is 45.5 Å². The molecule has 0 radical (unpaired) electrons. The van der Waals surface area contributed by atoms with Gasteiger partial charge in [-0.25, -0.2) is 14.5 Å². The Kier molecular flexibility index (Phi) is 9.05. The molecule has 4 amide bonds. The number of nitrogens with two attached hydrogens (primary N) is 2. The molecule has 4 aliphatic heterocycles. The highest BCUT2D eigenvalue weighted by atomic mass is 32.2. The summed E-state index contributed by atoms with van der Waals surface area (Å²) in [5, 5.41) is 26.7. The average Bonchev–Trinajstić information content (AvgIpc) is 3.71. The lowest BCUT2D eigenvalue weighted by Crippen LogP contribution is -2.66. The van der Waals surface area contributed by atoms with Crippen molar-refractivity contribution in [1.29, 1.82) is 0 Å². The van der Waals surface area contributed by atoms with Crippen LogP contribution in [0.3, 0.4) is 0 Å². The van der Waals surface area contributed by atoms with Crippen molar-refractivity contribution in [2.45, 2.75) is 50.2 Å². The third-order valence-electron chi connectivity index (χ3n) is 8.44. The summed E-state index contributed by atoms with van der Waals surface area (Å²) in [6.07, 6.45) is 1.80. The van der Waals surface area contributed by atoms with Gasteiger partial charge < -0.3 is 41.9 Å². The first-order chi connectivity index (χ1) is 21.0. The number of aromatic nitrogens is 4. The topological polar surface area (TPSA) is 247 Å². The molecule has 19 heteroatoms. The Labute approximate surface area is 256 Å². The van der Waals surface area contributed by atoms with E-state index in [1.807, 2.05) is 6.92 Å². The molecule has 5 rings (SSSR count). The van der Waals surface area contributed by atoms with Crippen molar-refractivity contribution in [3.05, 3.63) is 16.9 Å². The van der Waals surface area contributed by atoms with Crippen molar-refractivity contribution in [2.24, 2.45) is 28.3 Å². The quantitative estimate of drug-likeness (QED) is 0.0950. The maximum atomic E-state index is 13.3. The van der Waals surface area contributed by atoms with E-state index in [1.54, 1.807) is 16.7 Å². The molecule has 1 unspecified atom stereocenters. The highest BCUT2D eigenvalue weighted by Gasteiger charge is 2.60. The second kappa shape index (κ2) is 12.8. The molecular formula is C25H36N12O6S. The van der Waals surface area contributed by atoms with E-state index in [0.29, 0.717) is 44.0 Å². The van der Waals surface area contributed by atoms with E-state index in [9.17, 15) is 29.1 Å². The zero-order valence-corrected chi connectivity index (χ0v) is 25.1. The lowest BCUT2D eigenvalue weighted by molar-refractivity contribution is -0.158. The smallest absolute Gasteiger partial charge is 0.353 e. The van der Waals surface area contributed by atoms with Crippen LogP contribution < -0.4 is 22.1 Å². The molecule has 18 nitrogen and oxygen atoms in total. The van der Waals surface area contributed by atoms with Gasteiger partial charge in [0.1, 0.15) is 25.1 Å². The first-order valence-corrected chi connectivity index (χ1v) is 15.2. The Morgan fingerprint density at radius 1 is 1.20 bits per heavy atom. The minimum Gasteiger partial charge on any atom is -0.477 e. The van der Waals surface area contributed by atoms with Crippen molar-refractivity contribution in [2.75, 3.05) is 39.3 Å². The number of guanidine groups is 1. The number of β-lactam (4-membered cyclic amide) rings is 1. The van der Waals surface area contributed by atoms with Gasteiger partial charge in [-0.3, -0.25) is 19.2 Å². The van der Waals surface area contributed by atoms with Crippen molar-refractivity contribution >= 4 is 47.3 Å². The molecular weight excluding hydrogens is 596 g/mol. The number of thioether (sulfide) groups is 1. The number of rotatable bonds is 10. The van der Waals surface area contributed by atoms with Crippen LogP contribution in [0, 0.1) is 11.8 Å². The Balaban J connectivity index is 1.16. The Morgan fingerprint density at radius 2 is 1.91 bits per heavy atom. The molecule has 4 aliphatic rings. The first kappa shape index (κ1) is 31.2. The molecule has 0 spiro atoms. The second-order valence-corrected chi connectivity index (χ2v) is 12.6. The van der Waals surface area contributed by atoms with Crippen molar-refractivity contribution in [3.8, 4) is 0 Å². The molecule has 1 aromatic heterocycles. The van der Waals surface area contributed by atoms with E-state index in [0.717, 1.165) is 0 Å². The van der Waals surface area contributed by atoms with Gasteiger partial charge in [-0.05, 0) is 23.8 Å². The summed E-state index contributed by atoms with van der Waals surface area (Å²) in [5.41, 5.74) is 10.6. The monoisotopic (exact) mass is 632 g/mol. The van der Waals surface area contributed by atoms with Gasteiger partial charge in [-0.2, -0.15) is 0 Å². The number of aliphatic carboxylic acids is 1. The number of nitrogens with zero attached hydrogens (tertiary/aromatic N) is 8. The number of fused-ring (bicyclic) bond motifs is 1. The number of aliphatic imine (C=N–C) groups is 1. The first-order valence-electron chi connectivity index (χ1n) is 14.3. The minimum absolute atomic E-state index is 0.0303. The van der Waals surface area contributed by atoms with E-state index >= 15 is 0 Å². The van der Waals surface area contributed by atoms with Gasteiger partial charge in [0, 0.05) is 54.8 Å². The molecule has 3 fully saturated rings. The summed E-state index contributed by atoms with van der Waals surface area (Å²) in [6, 6.07) is -1.38. The van der Waals surface area contributed by atoms with Crippen LogP contribution in [0.4, 0.5) is 0 Å². The maximum absolute atomic E-state index is 13.3. The average molecular weight is 633 g/mol. The summed E-state index contributed by atoms with van der Waals surface area (Å²) in [5.74, 6) is -3.19. The summed E-state index contributed by atoms with van der Waals surface area (Å²) in [6.45, 7) is 5.41. The van der Waals surface area contributed by atoms with Gasteiger partial charge in [-0.1, -0.05) is 6.92 Å². The van der Waals surface area contributed by atoms with Crippen LogP contribution in [0.1, 0.15) is 20.3 Å². The summed E-state index contributed by atoms with van der Waals surface area (Å²) in [7, 11) is 0. The minimum atomic E-state index is -1.19. The van der Waals surface area contributed by atoms with Crippen LogP contribution in [0.25, 0.3) is 0 Å². The highest BCUT2D eigenvalue weighted by Crippen LogP contribution is 2.51. The van der Waals surface area contributed by atoms with E-state index < -0.39 is 30.0 Å². The van der Waals surface area contributed by atoms with E-state index in [4.69, 9.17) is 11.5 Å². The lowest BCUT2D eigenvalue weighted by atomic mass is 9.78. The molecule has 1 aromatic rings. The van der Waals surface area contributed by atoms with E-state index in [-0.39, 0.29) is 59.5 Å². The van der Waals surface area contributed by atoms with Crippen molar-refractivity contribution in [3.63, 3.8) is 0 Å². The summed E-state index contributed by atoms with van der Waals surface area (Å²) in [4.78, 5) is 72.6. The number of piperazine rings is 1. The van der Waals surface area contributed by atoms with E-state index in [1.165, 1.54) is 27.7 Å². The molecule has 7 N–H and O–H groups in total. The third kappa shape index (κ3) is 6.19. The Bertz CT molecular complexity index is 1370. The number of carbonyl (C=O) groups is 5. The summed E-state index contributed by atoms with van der Waals surface area (Å²) < 4.78 is 1.26. The van der Waals surface area contributed by atoms with E-state index in [2.05, 4.69) is 31.2 Å². The Morgan fingerprint density at radius 3 is 2.55 bits per heavy atom. The fourth-order valence-electron chi connectivity index (χ4n) is 6.30. The van der Waals surface area contributed by atoms with Crippen molar-refractivity contribution < 1.29 is 29.1 Å². The van der Waals surface area contributed by atoms with Crippen LogP contribution >= 0.6 is 11.8 Å². The predicted octanol–water partition coefficient (Wildman–Crippen LogP) is -3.64. The standard InChI is InChI=1S/C25H36N12O6S/c1-12-19-18(13(2)31-16(38)10-36-11-30-32-33-36)23(41)37(19)20(24(42)43)21(12)44-14-7-15(28-8-14)22(40)35-5-3-34(4-6-35)17(39)9-29-25(26)27/h11-15,18-19,28H,3-10H2,1-2H3,(H,31,38)(H,42,43)(H4,26,27,29)/t12-,13-,14+,15+,18-,19?/m1/s1. The number of nitrogens with one attached hydrogen (secondary N) is 2. The fourth-order valence-corrected chi connectivity index (χ4v) is 7.78. The zero-order valence-electron chi connectivity index (χ0n) is 24.3. The van der Waals surface area contributed by atoms with Crippen LogP contribution in [-0.2, 0) is 30.5 Å². The normalized spacial score (nSPS) is 27.1. The fraction of sp³-hybridized carbons (Fsp3) is 0.640. The lowest BCUT2D eigenvalue weighted by Gasteiger charge is -2.47.